The van der Waals surface area contributed by atoms with Gasteiger partial charge in [-0.1, -0.05) is 54.8 Å². The van der Waals surface area contributed by atoms with Crippen molar-refractivity contribution in [2.45, 2.75) is 31.7 Å². The zero-order valence-corrected chi connectivity index (χ0v) is 12.8. The van der Waals surface area contributed by atoms with Crippen LogP contribution in [0.3, 0.4) is 0 Å². The normalized spacial score (nSPS) is 15.5. The molecule has 0 radical (unpaired) electrons. The monoisotopic (exact) mass is 313 g/mol. The highest BCUT2D eigenvalue weighted by Gasteiger charge is 2.22. The van der Waals surface area contributed by atoms with E-state index in [2.05, 4.69) is 20.4 Å². The molecule has 0 spiro atoms. The lowest BCUT2D eigenvalue weighted by molar-refractivity contribution is 0.741. The van der Waals surface area contributed by atoms with Gasteiger partial charge in [0.25, 0.3) is 5.78 Å². The van der Waals surface area contributed by atoms with E-state index in [1.807, 2.05) is 30.3 Å². The number of benzene rings is 1. The number of nitrogens with zero attached hydrogens (tertiary/aromatic N) is 4. The summed E-state index contributed by atoms with van der Waals surface area (Å²) in [7, 11) is 0. The van der Waals surface area contributed by atoms with Gasteiger partial charge in [0.05, 0.1) is 5.56 Å². The van der Waals surface area contributed by atoms with Crippen molar-refractivity contribution in [2.24, 2.45) is 0 Å². The molecule has 3 aromatic rings. The van der Waals surface area contributed by atoms with Crippen LogP contribution >= 0.6 is 11.6 Å². The van der Waals surface area contributed by atoms with Crippen molar-refractivity contribution in [3.05, 3.63) is 41.8 Å². The molecule has 1 aromatic carbocycles. The van der Waals surface area contributed by atoms with Gasteiger partial charge >= 0.3 is 0 Å². The van der Waals surface area contributed by atoms with Crippen LogP contribution in [0, 0.1) is 0 Å². The summed E-state index contributed by atoms with van der Waals surface area (Å²) in [6.45, 7) is 0. The van der Waals surface area contributed by atoms with Gasteiger partial charge in [-0.25, -0.2) is 0 Å². The Hall–Kier alpha value is -2.14. The topological polar surface area (TPSA) is 55.1 Å². The minimum Gasteiger partial charge on any atom is -0.367 e. The smallest absolute Gasteiger partial charge is 0.255 e. The van der Waals surface area contributed by atoms with E-state index in [9.17, 15) is 0 Å². The molecule has 0 saturated heterocycles. The van der Waals surface area contributed by atoms with E-state index in [-0.39, 0.29) is 0 Å². The van der Waals surface area contributed by atoms with Gasteiger partial charge in [0, 0.05) is 6.04 Å². The number of rotatable bonds is 3. The summed E-state index contributed by atoms with van der Waals surface area (Å²) >= 11 is 6.45. The third-order valence-corrected chi connectivity index (χ3v) is 4.41. The molecule has 2 aromatic heterocycles. The fraction of sp³-hybridized carbons (Fsp3) is 0.312. The fourth-order valence-electron chi connectivity index (χ4n) is 3.07. The maximum absolute atomic E-state index is 6.45. The van der Waals surface area contributed by atoms with E-state index in [0.29, 0.717) is 17.0 Å². The average molecular weight is 314 g/mol. The molecule has 6 heteroatoms. The van der Waals surface area contributed by atoms with Crippen LogP contribution in [0.1, 0.15) is 25.7 Å². The first-order valence-corrected chi connectivity index (χ1v) is 7.92. The van der Waals surface area contributed by atoms with Crippen LogP contribution in [0.4, 0.5) is 5.82 Å². The molecule has 0 amide bonds. The molecule has 22 heavy (non-hydrogen) atoms. The Labute approximate surface area is 133 Å². The van der Waals surface area contributed by atoms with Crippen LogP contribution in [0.25, 0.3) is 16.9 Å². The minimum absolute atomic E-state index is 0.451. The Morgan fingerprint density at radius 2 is 1.91 bits per heavy atom. The van der Waals surface area contributed by atoms with Crippen LogP contribution in [0.15, 0.2) is 36.7 Å². The number of halogens is 1. The van der Waals surface area contributed by atoms with Crippen LogP contribution < -0.4 is 5.32 Å². The molecule has 2 heterocycles. The zero-order valence-electron chi connectivity index (χ0n) is 12.0. The second kappa shape index (κ2) is 5.57. The number of nitrogens with one attached hydrogen (secondary N) is 1. The summed E-state index contributed by atoms with van der Waals surface area (Å²) in [4.78, 5) is 8.53. The summed E-state index contributed by atoms with van der Waals surface area (Å²) in [5.74, 6) is 1.40. The van der Waals surface area contributed by atoms with Crippen molar-refractivity contribution in [3.63, 3.8) is 0 Å². The number of aromatic nitrogens is 4. The second-order valence-electron chi connectivity index (χ2n) is 5.59. The number of hydrogen-bond donors (Lipinski definition) is 1. The quantitative estimate of drug-likeness (QED) is 0.747. The maximum atomic E-state index is 6.45. The second-order valence-corrected chi connectivity index (χ2v) is 5.95. The van der Waals surface area contributed by atoms with Gasteiger partial charge in [-0.15, -0.1) is 0 Å². The third-order valence-electron chi connectivity index (χ3n) is 4.14. The van der Waals surface area contributed by atoms with Crippen LogP contribution in [0.2, 0.25) is 5.15 Å². The standard InChI is InChI=1S/C16H16ClN5/c17-14-13(11-6-2-1-3-7-11)15(20-12-8-4-5-9-12)22-16(21-14)18-10-19-22/h1-3,6-7,10,12,20H,4-5,8-9H2. The molecular formula is C16H16ClN5. The predicted molar refractivity (Wildman–Crippen MR) is 87.1 cm³/mol. The van der Waals surface area contributed by atoms with Crippen molar-refractivity contribution in [2.75, 3.05) is 5.32 Å². The molecule has 112 valence electrons. The number of hydrogen-bond acceptors (Lipinski definition) is 4. The van der Waals surface area contributed by atoms with E-state index in [1.165, 1.54) is 32.0 Å². The van der Waals surface area contributed by atoms with Crippen LogP contribution in [-0.2, 0) is 0 Å². The SMILES string of the molecule is Clc1nc2ncnn2c(NC2CCCC2)c1-c1ccccc1. The van der Waals surface area contributed by atoms with Crippen LogP contribution in [-0.4, -0.2) is 25.6 Å². The Morgan fingerprint density at radius 1 is 1.14 bits per heavy atom. The Kier molecular flexibility index (Phi) is 3.42. The highest BCUT2D eigenvalue weighted by molar-refractivity contribution is 6.32. The van der Waals surface area contributed by atoms with Gasteiger partial charge in [0.2, 0.25) is 0 Å². The van der Waals surface area contributed by atoms with Gasteiger partial charge in [-0.3, -0.25) is 0 Å². The molecule has 4 rings (SSSR count). The summed E-state index contributed by atoms with van der Waals surface area (Å²) in [6.07, 6.45) is 6.37. The first kappa shape index (κ1) is 13.5. The summed E-state index contributed by atoms with van der Waals surface area (Å²) < 4.78 is 1.74. The van der Waals surface area contributed by atoms with Crippen molar-refractivity contribution in [3.8, 4) is 11.1 Å². The van der Waals surface area contributed by atoms with Crippen molar-refractivity contribution in [1.82, 2.24) is 19.6 Å². The van der Waals surface area contributed by atoms with Crippen molar-refractivity contribution >= 4 is 23.2 Å². The molecule has 1 saturated carbocycles. The van der Waals surface area contributed by atoms with E-state index >= 15 is 0 Å². The molecule has 0 bridgehead atoms. The lowest BCUT2D eigenvalue weighted by Gasteiger charge is -2.18. The Balaban J connectivity index is 1.91. The molecule has 1 aliphatic carbocycles. The van der Waals surface area contributed by atoms with Gasteiger partial charge in [-0.05, 0) is 18.4 Å². The molecule has 0 aliphatic heterocycles. The van der Waals surface area contributed by atoms with Gasteiger partial charge in [0.1, 0.15) is 17.3 Å². The van der Waals surface area contributed by atoms with Gasteiger partial charge in [0.15, 0.2) is 0 Å². The molecule has 1 fully saturated rings. The number of fused-ring (bicyclic) bond motifs is 1. The predicted octanol–water partition coefficient (Wildman–Crippen LogP) is 3.80. The first-order chi connectivity index (χ1) is 10.8. The summed E-state index contributed by atoms with van der Waals surface area (Å²) in [5, 5.41) is 8.37. The van der Waals surface area contributed by atoms with Crippen molar-refractivity contribution in [1.29, 1.82) is 0 Å². The first-order valence-electron chi connectivity index (χ1n) is 7.54. The van der Waals surface area contributed by atoms with Crippen molar-refractivity contribution < 1.29 is 0 Å². The zero-order chi connectivity index (χ0) is 14.9. The highest BCUT2D eigenvalue weighted by atomic mass is 35.5. The van der Waals surface area contributed by atoms with Crippen LogP contribution in [0.5, 0.6) is 0 Å². The maximum Gasteiger partial charge on any atom is 0.255 e. The van der Waals surface area contributed by atoms with Gasteiger partial charge < -0.3 is 5.32 Å². The lowest BCUT2D eigenvalue weighted by Crippen LogP contribution is -2.18. The molecule has 0 atom stereocenters. The van der Waals surface area contributed by atoms with Gasteiger partial charge in [-0.2, -0.15) is 19.6 Å². The molecule has 1 aliphatic rings. The Bertz CT molecular complexity index is 793. The summed E-state index contributed by atoms with van der Waals surface area (Å²) in [5.41, 5.74) is 1.91. The van der Waals surface area contributed by atoms with E-state index in [1.54, 1.807) is 4.52 Å². The third kappa shape index (κ3) is 2.31. The Morgan fingerprint density at radius 3 is 2.68 bits per heavy atom. The summed E-state index contributed by atoms with van der Waals surface area (Å²) in [6, 6.07) is 10.5. The number of anilines is 1. The largest absolute Gasteiger partial charge is 0.367 e. The average Bonchev–Trinajstić information content (AvgIpc) is 3.19. The lowest BCUT2D eigenvalue weighted by atomic mass is 10.1. The molecule has 0 unspecified atom stereocenters. The molecule has 1 N–H and O–H groups in total. The van der Waals surface area contributed by atoms with E-state index in [4.69, 9.17) is 11.6 Å². The highest BCUT2D eigenvalue weighted by Crippen LogP contribution is 2.35. The molecular weight excluding hydrogens is 298 g/mol. The van der Waals surface area contributed by atoms with E-state index < -0.39 is 0 Å². The minimum atomic E-state index is 0.451. The fourth-order valence-corrected chi connectivity index (χ4v) is 3.35. The molecule has 5 nitrogen and oxygen atoms in total. The van der Waals surface area contributed by atoms with E-state index in [0.717, 1.165) is 16.9 Å².